The summed E-state index contributed by atoms with van der Waals surface area (Å²) in [5.74, 6) is 8.07. The number of nitrogens with one attached hydrogen (secondary N) is 2. The number of nitrogens with zero attached hydrogens (tertiary/aromatic N) is 5. The summed E-state index contributed by atoms with van der Waals surface area (Å²) in [6.07, 6.45) is 6.45. The molecule has 6 N–H and O–H groups in total. The molecule has 35 heavy (non-hydrogen) atoms. The molecule has 2 atom stereocenters. The number of aryl methyl sites for hydroxylation is 1. The van der Waals surface area contributed by atoms with E-state index in [1.165, 1.54) is 0 Å². The molecule has 4 rings (SSSR count). The minimum absolute atomic E-state index is 0.147. The van der Waals surface area contributed by atoms with Gasteiger partial charge in [-0.25, -0.2) is 4.98 Å². The maximum atomic E-state index is 6.73. The van der Waals surface area contributed by atoms with Gasteiger partial charge >= 0.3 is 6.01 Å². The lowest BCUT2D eigenvalue weighted by Crippen LogP contribution is -2.47. The third kappa shape index (κ3) is 6.19. The standard InChI is InChI=1S/C23H39N9O3/c1-16-12-18(32(30-25)15-26-2)14-27-21(16)34-11-7-23(24)13-19(23)17-4-8-31(9-5-17)22-28-20(29-35-22)6-10-33-3/h12,14,17,19,26,30H,4-11,13,15,24-25H2,1-3H3. The van der Waals surface area contributed by atoms with E-state index in [1.807, 2.05) is 20.0 Å². The Balaban J connectivity index is 1.21. The van der Waals surface area contributed by atoms with Crippen molar-refractivity contribution in [3.63, 3.8) is 0 Å². The Labute approximate surface area is 206 Å². The normalized spacial score (nSPS) is 22.4. The van der Waals surface area contributed by atoms with E-state index in [9.17, 15) is 0 Å². The molecule has 0 spiro atoms. The Morgan fingerprint density at radius 3 is 2.80 bits per heavy atom. The summed E-state index contributed by atoms with van der Waals surface area (Å²) in [4.78, 5) is 11.1. The quantitative estimate of drug-likeness (QED) is 0.178. The average molecular weight is 490 g/mol. The van der Waals surface area contributed by atoms with Crippen molar-refractivity contribution in [1.29, 1.82) is 0 Å². The summed E-state index contributed by atoms with van der Waals surface area (Å²) in [6.45, 7) is 5.51. The maximum absolute atomic E-state index is 6.73. The van der Waals surface area contributed by atoms with Gasteiger partial charge in [0.05, 0.1) is 31.8 Å². The number of methoxy groups -OCH3 is 1. The van der Waals surface area contributed by atoms with Crippen LogP contribution in [0.3, 0.4) is 0 Å². The Morgan fingerprint density at radius 1 is 1.31 bits per heavy atom. The number of hydrazine groups is 2. The summed E-state index contributed by atoms with van der Waals surface area (Å²) in [5.41, 5.74) is 11.1. The molecule has 2 aliphatic rings. The third-order valence-electron chi connectivity index (χ3n) is 7.15. The number of nitrogens with two attached hydrogens (primary N) is 2. The predicted octanol–water partition coefficient (Wildman–Crippen LogP) is 0.726. The largest absolute Gasteiger partial charge is 0.477 e. The molecule has 0 amide bonds. The molecule has 12 nitrogen and oxygen atoms in total. The highest BCUT2D eigenvalue weighted by Gasteiger charge is 2.54. The molecule has 3 heterocycles. The monoisotopic (exact) mass is 489 g/mol. The van der Waals surface area contributed by atoms with Crippen LogP contribution in [-0.2, 0) is 11.2 Å². The molecular formula is C23H39N9O3. The van der Waals surface area contributed by atoms with Crippen molar-refractivity contribution in [2.75, 3.05) is 57.0 Å². The summed E-state index contributed by atoms with van der Waals surface area (Å²) in [6, 6.07) is 2.61. The molecule has 2 fully saturated rings. The molecule has 2 aromatic rings. The summed E-state index contributed by atoms with van der Waals surface area (Å²) in [7, 11) is 3.52. The van der Waals surface area contributed by atoms with Crippen LogP contribution in [0, 0.1) is 18.8 Å². The van der Waals surface area contributed by atoms with Crippen molar-refractivity contribution in [2.45, 2.75) is 44.6 Å². The van der Waals surface area contributed by atoms with Gasteiger partial charge in [0, 0.05) is 37.7 Å². The van der Waals surface area contributed by atoms with Crippen molar-refractivity contribution in [1.82, 2.24) is 26.0 Å². The molecule has 1 aliphatic carbocycles. The fourth-order valence-corrected chi connectivity index (χ4v) is 4.99. The lowest BCUT2D eigenvalue weighted by Gasteiger charge is -2.31. The van der Waals surface area contributed by atoms with Gasteiger partial charge in [0.15, 0.2) is 5.82 Å². The van der Waals surface area contributed by atoms with E-state index in [2.05, 4.69) is 30.9 Å². The number of rotatable bonds is 13. The van der Waals surface area contributed by atoms with Gasteiger partial charge in [-0.2, -0.15) is 10.5 Å². The van der Waals surface area contributed by atoms with Gasteiger partial charge in [0.2, 0.25) is 5.88 Å². The number of pyridine rings is 1. The summed E-state index contributed by atoms with van der Waals surface area (Å²) in [5, 5.41) is 8.86. The predicted molar refractivity (Wildman–Crippen MR) is 133 cm³/mol. The van der Waals surface area contributed by atoms with Crippen molar-refractivity contribution in [2.24, 2.45) is 23.4 Å². The fraction of sp³-hybridized carbons (Fsp3) is 0.696. The molecule has 0 radical (unpaired) electrons. The molecule has 2 unspecified atom stereocenters. The second kappa shape index (κ2) is 11.5. The van der Waals surface area contributed by atoms with Crippen molar-refractivity contribution >= 4 is 11.7 Å². The van der Waals surface area contributed by atoms with Gasteiger partial charge in [0.25, 0.3) is 0 Å². The summed E-state index contributed by atoms with van der Waals surface area (Å²) >= 11 is 0. The van der Waals surface area contributed by atoms with E-state index in [0.29, 0.717) is 55.9 Å². The highest BCUT2D eigenvalue weighted by atomic mass is 16.5. The number of anilines is 2. The van der Waals surface area contributed by atoms with Gasteiger partial charge in [0.1, 0.15) is 0 Å². The number of hydrogen-bond donors (Lipinski definition) is 4. The van der Waals surface area contributed by atoms with E-state index in [1.54, 1.807) is 18.3 Å². The van der Waals surface area contributed by atoms with Gasteiger partial charge in [-0.1, -0.05) is 5.16 Å². The Hall–Kier alpha value is -2.51. The minimum atomic E-state index is -0.147. The van der Waals surface area contributed by atoms with Crippen LogP contribution in [0.1, 0.15) is 37.1 Å². The highest BCUT2D eigenvalue weighted by molar-refractivity contribution is 5.47. The van der Waals surface area contributed by atoms with Crippen LogP contribution in [0.15, 0.2) is 16.8 Å². The maximum Gasteiger partial charge on any atom is 0.324 e. The van der Waals surface area contributed by atoms with Gasteiger partial charge in [-0.3, -0.25) is 10.9 Å². The first kappa shape index (κ1) is 25.6. The summed E-state index contributed by atoms with van der Waals surface area (Å²) < 4.78 is 16.5. The molecule has 1 saturated heterocycles. The number of hydrogen-bond acceptors (Lipinski definition) is 12. The van der Waals surface area contributed by atoms with Gasteiger partial charge in [-0.15, -0.1) is 0 Å². The van der Waals surface area contributed by atoms with Gasteiger partial charge in [-0.05, 0) is 57.6 Å². The third-order valence-corrected chi connectivity index (χ3v) is 7.15. The first-order valence-corrected chi connectivity index (χ1v) is 12.3. The Kier molecular flexibility index (Phi) is 8.39. The van der Waals surface area contributed by atoms with E-state index >= 15 is 0 Å². The van der Waals surface area contributed by atoms with Crippen LogP contribution in [-0.4, -0.2) is 67.8 Å². The first-order valence-electron chi connectivity index (χ1n) is 12.3. The number of ether oxygens (including phenoxy) is 2. The van der Waals surface area contributed by atoms with Crippen molar-refractivity contribution < 1.29 is 14.0 Å². The molecule has 0 aromatic carbocycles. The minimum Gasteiger partial charge on any atom is -0.477 e. The SMILES string of the molecule is CNCN(NN)c1cnc(OCCC2(N)CC2C2CCN(c3nc(CCOC)no3)CC2)c(C)c1. The average Bonchev–Trinajstić information content (AvgIpc) is 3.31. The second-order valence-corrected chi connectivity index (χ2v) is 9.59. The molecule has 0 bridgehead atoms. The molecule has 1 aliphatic heterocycles. The van der Waals surface area contributed by atoms with Crippen LogP contribution < -0.4 is 37.1 Å². The van der Waals surface area contributed by atoms with Crippen LogP contribution in [0.25, 0.3) is 0 Å². The lowest BCUT2D eigenvalue weighted by molar-refractivity contribution is 0.199. The number of aromatic nitrogens is 3. The molecular weight excluding hydrogens is 450 g/mol. The van der Waals surface area contributed by atoms with Crippen LogP contribution in [0.4, 0.5) is 11.7 Å². The lowest BCUT2D eigenvalue weighted by atomic mass is 9.89. The zero-order chi connectivity index (χ0) is 24.8. The molecule has 194 valence electrons. The second-order valence-electron chi connectivity index (χ2n) is 9.59. The van der Waals surface area contributed by atoms with E-state index in [0.717, 1.165) is 50.0 Å². The van der Waals surface area contributed by atoms with E-state index in [-0.39, 0.29) is 5.54 Å². The number of piperidine rings is 1. The molecule has 2 aromatic heterocycles. The topological polar surface area (TPSA) is 153 Å². The van der Waals surface area contributed by atoms with Crippen molar-refractivity contribution in [3.05, 3.63) is 23.7 Å². The Bertz CT molecular complexity index is 950. The molecule has 1 saturated carbocycles. The van der Waals surface area contributed by atoms with Gasteiger partial charge < -0.3 is 29.9 Å². The van der Waals surface area contributed by atoms with Crippen molar-refractivity contribution in [3.8, 4) is 5.88 Å². The highest BCUT2D eigenvalue weighted by Crippen LogP contribution is 2.51. The van der Waals surface area contributed by atoms with E-state index < -0.39 is 0 Å². The van der Waals surface area contributed by atoms with E-state index in [4.69, 9.17) is 25.6 Å². The first-order chi connectivity index (χ1) is 17.0. The molecule has 12 heteroatoms. The van der Waals surface area contributed by atoms with Crippen LogP contribution >= 0.6 is 0 Å². The Morgan fingerprint density at radius 2 is 2.11 bits per heavy atom. The zero-order valence-electron chi connectivity index (χ0n) is 21.0. The van der Waals surface area contributed by atoms with Crippen LogP contribution in [0.2, 0.25) is 0 Å². The van der Waals surface area contributed by atoms with Crippen LogP contribution in [0.5, 0.6) is 5.88 Å². The fourth-order valence-electron chi connectivity index (χ4n) is 4.99. The smallest absolute Gasteiger partial charge is 0.324 e. The zero-order valence-corrected chi connectivity index (χ0v) is 21.0.